The molecule has 0 fully saturated rings. The minimum atomic E-state index is 0.129. The number of rotatable bonds is 4. The number of fused-ring (bicyclic) bond motifs is 1. The quantitative estimate of drug-likeness (QED) is 0.435. The summed E-state index contributed by atoms with van der Waals surface area (Å²) in [5, 5.41) is 0.982. The van der Waals surface area contributed by atoms with Crippen LogP contribution in [0.5, 0.6) is 0 Å². The van der Waals surface area contributed by atoms with Crippen molar-refractivity contribution in [2.45, 2.75) is 4.90 Å². The van der Waals surface area contributed by atoms with E-state index in [9.17, 15) is 4.79 Å². The van der Waals surface area contributed by atoms with E-state index in [1.54, 1.807) is 6.20 Å². The number of aromatic nitrogens is 1. The second kappa shape index (κ2) is 5.43. The van der Waals surface area contributed by atoms with Crippen molar-refractivity contribution >= 4 is 34.1 Å². The Morgan fingerprint density at radius 3 is 2.65 bits per heavy atom. The lowest BCUT2D eigenvalue weighted by Gasteiger charge is -2.01. The van der Waals surface area contributed by atoms with E-state index in [2.05, 4.69) is 4.98 Å². The fourth-order valence-corrected chi connectivity index (χ4v) is 2.87. The highest BCUT2D eigenvalue weighted by Gasteiger charge is 2.11. The molecule has 0 unspecified atom stereocenters. The van der Waals surface area contributed by atoms with E-state index < -0.39 is 0 Å². The van der Waals surface area contributed by atoms with Gasteiger partial charge in [0.2, 0.25) is 0 Å². The van der Waals surface area contributed by atoms with Gasteiger partial charge in [-0.15, -0.1) is 11.8 Å². The van der Waals surface area contributed by atoms with Gasteiger partial charge in [0.1, 0.15) is 0 Å². The number of nitrogens with two attached hydrogens (primary N) is 1. The zero-order valence-electron chi connectivity index (χ0n) is 10.8. The maximum atomic E-state index is 12.3. The van der Waals surface area contributed by atoms with Crippen molar-refractivity contribution in [2.75, 3.05) is 11.5 Å². The van der Waals surface area contributed by atoms with Crippen LogP contribution in [0.4, 0.5) is 5.69 Å². The van der Waals surface area contributed by atoms with Crippen LogP contribution in [0.1, 0.15) is 10.4 Å². The number of H-pyrrole nitrogens is 1. The molecule has 0 saturated heterocycles. The van der Waals surface area contributed by atoms with E-state index in [1.807, 2.05) is 48.5 Å². The van der Waals surface area contributed by atoms with Crippen LogP contribution in [0, 0.1) is 0 Å². The maximum absolute atomic E-state index is 12.3. The molecule has 2 aromatic carbocycles. The van der Waals surface area contributed by atoms with E-state index in [-0.39, 0.29) is 5.78 Å². The summed E-state index contributed by atoms with van der Waals surface area (Å²) in [5.41, 5.74) is 8.12. The van der Waals surface area contributed by atoms with Crippen molar-refractivity contribution in [3.63, 3.8) is 0 Å². The van der Waals surface area contributed by atoms with Crippen LogP contribution >= 0.6 is 11.8 Å². The monoisotopic (exact) mass is 282 g/mol. The van der Waals surface area contributed by atoms with Crippen LogP contribution in [0.3, 0.4) is 0 Å². The van der Waals surface area contributed by atoms with E-state index in [0.29, 0.717) is 5.75 Å². The van der Waals surface area contributed by atoms with Gasteiger partial charge in [0.05, 0.1) is 5.75 Å². The lowest BCUT2D eigenvalue weighted by atomic mass is 10.1. The first-order valence-corrected chi connectivity index (χ1v) is 7.30. The van der Waals surface area contributed by atoms with Crippen molar-refractivity contribution in [2.24, 2.45) is 0 Å². The fraction of sp³-hybridized carbons (Fsp3) is 0.0625. The molecule has 0 amide bonds. The number of benzene rings is 2. The largest absolute Gasteiger partial charge is 0.399 e. The molecule has 100 valence electrons. The number of nitrogen functional groups attached to an aromatic ring is 1. The Morgan fingerprint density at radius 2 is 1.85 bits per heavy atom. The number of carbonyl (C=O) groups is 1. The van der Waals surface area contributed by atoms with Crippen LogP contribution in [0.25, 0.3) is 10.9 Å². The molecule has 3 nitrogen and oxygen atoms in total. The number of anilines is 1. The highest BCUT2D eigenvalue weighted by Crippen LogP contribution is 2.23. The first-order chi connectivity index (χ1) is 9.74. The van der Waals surface area contributed by atoms with Crippen molar-refractivity contribution < 1.29 is 4.79 Å². The van der Waals surface area contributed by atoms with Gasteiger partial charge in [0.15, 0.2) is 5.78 Å². The Bertz CT molecular complexity index is 747. The molecule has 1 heterocycles. The van der Waals surface area contributed by atoms with Crippen molar-refractivity contribution in [3.05, 3.63) is 60.3 Å². The van der Waals surface area contributed by atoms with Gasteiger partial charge in [0, 0.05) is 33.2 Å². The third-order valence-electron chi connectivity index (χ3n) is 3.14. The number of ketones is 1. The first kappa shape index (κ1) is 12.8. The number of nitrogens with one attached hydrogen (secondary N) is 1. The second-order valence-corrected chi connectivity index (χ2v) is 5.58. The lowest BCUT2D eigenvalue weighted by Crippen LogP contribution is -2.01. The number of hydrogen-bond acceptors (Lipinski definition) is 3. The van der Waals surface area contributed by atoms with Gasteiger partial charge < -0.3 is 10.7 Å². The van der Waals surface area contributed by atoms with Gasteiger partial charge in [-0.1, -0.05) is 18.2 Å². The van der Waals surface area contributed by atoms with E-state index in [4.69, 9.17) is 5.73 Å². The molecule has 0 atom stereocenters. The predicted octanol–water partition coefficient (Wildman–Crippen LogP) is 3.73. The summed E-state index contributed by atoms with van der Waals surface area (Å²) in [7, 11) is 0. The molecule has 1 aromatic heterocycles. The molecule has 0 aliphatic carbocycles. The fourth-order valence-electron chi connectivity index (χ4n) is 2.09. The van der Waals surface area contributed by atoms with Crippen molar-refractivity contribution in [1.29, 1.82) is 0 Å². The Hall–Kier alpha value is -2.20. The standard InChI is InChI=1S/C16H14N2OS/c17-11-5-7-12(8-6-11)20-10-16(19)14-9-18-15-4-2-1-3-13(14)15/h1-9,18H,10,17H2. The van der Waals surface area contributed by atoms with Gasteiger partial charge in [0.25, 0.3) is 0 Å². The summed E-state index contributed by atoms with van der Waals surface area (Å²) >= 11 is 1.53. The third-order valence-corrected chi connectivity index (χ3v) is 4.15. The number of para-hydroxylation sites is 1. The average molecular weight is 282 g/mol. The summed E-state index contributed by atoms with van der Waals surface area (Å²) < 4.78 is 0. The van der Waals surface area contributed by atoms with Crippen molar-refractivity contribution in [1.82, 2.24) is 4.98 Å². The molecule has 0 saturated carbocycles. The van der Waals surface area contributed by atoms with Gasteiger partial charge in [-0.2, -0.15) is 0 Å². The smallest absolute Gasteiger partial charge is 0.175 e. The van der Waals surface area contributed by atoms with Gasteiger partial charge in [-0.25, -0.2) is 0 Å². The Morgan fingerprint density at radius 1 is 1.10 bits per heavy atom. The third kappa shape index (κ3) is 2.56. The van der Waals surface area contributed by atoms with Crippen molar-refractivity contribution in [3.8, 4) is 0 Å². The molecule has 3 N–H and O–H groups in total. The second-order valence-electron chi connectivity index (χ2n) is 4.53. The van der Waals surface area contributed by atoms with Gasteiger partial charge in [-0.3, -0.25) is 4.79 Å². The normalized spacial score (nSPS) is 10.8. The molecule has 0 radical (unpaired) electrons. The maximum Gasteiger partial charge on any atom is 0.175 e. The summed E-state index contributed by atoms with van der Waals surface area (Å²) in [6.45, 7) is 0. The molecular formula is C16H14N2OS. The van der Waals surface area contributed by atoms with Crippen LogP contribution in [-0.2, 0) is 0 Å². The van der Waals surface area contributed by atoms with Crippen LogP contribution in [-0.4, -0.2) is 16.5 Å². The number of hydrogen-bond donors (Lipinski definition) is 2. The molecular weight excluding hydrogens is 268 g/mol. The molecule has 0 aliphatic heterocycles. The zero-order valence-corrected chi connectivity index (χ0v) is 11.6. The molecule has 0 aliphatic rings. The summed E-state index contributed by atoms with van der Waals surface area (Å²) in [5.74, 6) is 0.551. The molecule has 4 heteroatoms. The molecule has 3 aromatic rings. The van der Waals surface area contributed by atoms with E-state index >= 15 is 0 Å². The number of thioether (sulfide) groups is 1. The van der Waals surface area contributed by atoms with Crippen LogP contribution in [0.2, 0.25) is 0 Å². The molecule has 0 bridgehead atoms. The number of Topliss-reactive ketones (excluding diaryl/α,β-unsaturated/α-hetero) is 1. The van der Waals surface area contributed by atoms with Gasteiger partial charge >= 0.3 is 0 Å². The molecule has 3 rings (SSSR count). The van der Waals surface area contributed by atoms with Crippen LogP contribution < -0.4 is 5.73 Å². The minimum Gasteiger partial charge on any atom is -0.399 e. The Kier molecular flexibility index (Phi) is 3.48. The Labute approximate surface area is 121 Å². The summed E-state index contributed by atoms with van der Waals surface area (Å²) in [4.78, 5) is 16.5. The zero-order chi connectivity index (χ0) is 13.9. The number of carbonyl (C=O) groups excluding carboxylic acids is 1. The highest BCUT2D eigenvalue weighted by molar-refractivity contribution is 8.00. The number of aromatic amines is 1. The molecule has 0 spiro atoms. The minimum absolute atomic E-state index is 0.129. The predicted molar refractivity (Wildman–Crippen MR) is 84.2 cm³/mol. The van der Waals surface area contributed by atoms with E-state index in [0.717, 1.165) is 27.0 Å². The SMILES string of the molecule is Nc1ccc(SCC(=O)c2c[nH]c3ccccc23)cc1. The summed E-state index contributed by atoms with van der Waals surface area (Å²) in [6.07, 6.45) is 1.79. The first-order valence-electron chi connectivity index (χ1n) is 6.32. The van der Waals surface area contributed by atoms with E-state index in [1.165, 1.54) is 11.8 Å². The van der Waals surface area contributed by atoms with Gasteiger partial charge in [-0.05, 0) is 30.3 Å². The highest BCUT2D eigenvalue weighted by atomic mass is 32.2. The average Bonchev–Trinajstić information content (AvgIpc) is 2.90. The Balaban J connectivity index is 1.75. The van der Waals surface area contributed by atoms with Crippen LogP contribution in [0.15, 0.2) is 59.6 Å². The molecule has 20 heavy (non-hydrogen) atoms. The topological polar surface area (TPSA) is 58.9 Å². The lowest BCUT2D eigenvalue weighted by molar-refractivity contribution is 0.102. The summed E-state index contributed by atoms with van der Waals surface area (Å²) in [6, 6.07) is 15.4.